The average molecular weight is 421 g/mol. The molecule has 0 bridgehead atoms. The minimum Gasteiger partial charge on any atom is -0.362 e. The molecule has 0 unspecified atom stereocenters. The Balaban J connectivity index is 2.14. The molecular formula is C25H32N4O2. The lowest BCUT2D eigenvalue weighted by atomic mass is 10.0. The number of pyridine rings is 1. The van der Waals surface area contributed by atoms with Crippen LogP contribution >= 0.6 is 0 Å². The summed E-state index contributed by atoms with van der Waals surface area (Å²) in [6.07, 6.45) is 9.90. The Morgan fingerprint density at radius 2 is 1.94 bits per heavy atom. The summed E-state index contributed by atoms with van der Waals surface area (Å²) in [5.41, 5.74) is 6.26. The second-order valence-corrected chi connectivity index (χ2v) is 7.45. The highest BCUT2D eigenvalue weighted by molar-refractivity contribution is 5.91. The second-order valence-electron chi connectivity index (χ2n) is 7.45. The van der Waals surface area contributed by atoms with E-state index in [2.05, 4.69) is 48.2 Å². The molecule has 2 N–H and O–H groups in total. The molecule has 0 saturated carbocycles. The molecule has 6 heteroatoms. The number of likely N-dealkylation sites (N-methyl/N-ethyl adjacent to an activating group) is 1. The first-order valence-electron chi connectivity index (χ1n) is 10.6. The molecule has 2 rings (SSSR count). The fourth-order valence-corrected chi connectivity index (χ4v) is 3.40. The fraction of sp³-hybridized carbons (Fsp3) is 0.320. The van der Waals surface area contributed by atoms with Gasteiger partial charge in [0.1, 0.15) is 5.82 Å². The quantitative estimate of drug-likeness (QED) is 0.408. The summed E-state index contributed by atoms with van der Waals surface area (Å²) in [7, 11) is 1.80. The fourth-order valence-electron chi connectivity index (χ4n) is 3.40. The number of aryl methyl sites for hydroxylation is 3. The molecule has 0 atom stereocenters. The van der Waals surface area contributed by atoms with E-state index in [0.717, 1.165) is 47.2 Å². The zero-order valence-electron chi connectivity index (χ0n) is 18.9. The first-order chi connectivity index (χ1) is 14.9. The molecule has 0 radical (unpaired) electrons. The highest BCUT2D eigenvalue weighted by Gasteiger charge is 2.11. The Morgan fingerprint density at radius 3 is 2.58 bits per heavy atom. The summed E-state index contributed by atoms with van der Waals surface area (Å²) in [5.74, 6) is 0.479. The molecule has 2 aromatic rings. The van der Waals surface area contributed by atoms with E-state index in [1.165, 1.54) is 5.56 Å². The van der Waals surface area contributed by atoms with Crippen molar-refractivity contribution in [3.05, 3.63) is 71.1 Å². The van der Waals surface area contributed by atoms with Crippen molar-refractivity contribution in [2.75, 3.05) is 17.7 Å². The highest BCUT2D eigenvalue weighted by Crippen LogP contribution is 2.23. The van der Waals surface area contributed by atoms with E-state index in [1.807, 2.05) is 13.0 Å². The normalized spacial score (nSPS) is 10.7. The lowest BCUT2D eigenvalue weighted by Crippen LogP contribution is -2.24. The summed E-state index contributed by atoms with van der Waals surface area (Å²) in [4.78, 5) is 29.4. The van der Waals surface area contributed by atoms with Crippen LogP contribution in [-0.4, -0.2) is 29.2 Å². The van der Waals surface area contributed by atoms with Crippen LogP contribution < -0.4 is 10.6 Å². The van der Waals surface area contributed by atoms with Gasteiger partial charge >= 0.3 is 0 Å². The number of aromatic nitrogens is 1. The number of carbonyl (C=O) groups excluding carboxylic acids is 2. The first-order valence-corrected chi connectivity index (χ1v) is 10.6. The van der Waals surface area contributed by atoms with Gasteiger partial charge in [0.2, 0.25) is 12.3 Å². The number of nitrogens with one attached hydrogen (secondary N) is 2. The SMILES string of the molecule is C=CNc1cc(C)c(CN(C)C(=O)/C=C/c2cnc(NC=O)c(CCC)c2)cc1CC. The number of hydrogen-bond donors (Lipinski definition) is 2. The summed E-state index contributed by atoms with van der Waals surface area (Å²) in [6.45, 7) is 10.5. The molecule has 1 aromatic carbocycles. The van der Waals surface area contributed by atoms with Gasteiger partial charge in [-0.1, -0.05) is 32.9 Å². The lowest BCUT2D eigenvalue weighted by Gasteiger charge is -2.19. The summed E-state index contributed by atoms with van der Waals surface area (Å²) in [6, 6.07) is 6.20. The molecule has 0 fully saturated rings. The van der Waals surface area contributed by atoms with Crippen molar-refractivity contribution in [2.24, 2.45) is 0 Å². The third-order valence-corrected chi connectivity index (χ3v) is 5.11. The van der Waals surface area contributed by atoms with Crippen LogP contribution in [0.1, 0.15) is 48.1 Å². The van der Waals surface area contributed by atoms with E-state index in [0.29, 0.717) is 18.8 Å². The number of nitrogens with zero attached hydrogens (tertiary/aromatic N) is 2. The molecule has 1 heterocycles. The van der Waals surface area contributed by atoms with Crippen LogP contribution in [0.3, 0.4) is 0 Å². The van der Waals surface area contributed by atoms with Gasteiger partial charge in [-0.3, -0.25) is 9.59 Å². The maximum absolute atomic E-state index is 12.7. The zero-order valence-corrected chi connectivity index (χ0v) is 18.9. The molecule has 0 saturated heterocycles. The van der Waals surface area contributed by atoms with Crippen LogP contribution in [0.4, 0.5) is 11.5 Å². The van der Waals surface area contributed by atoms with Gasteiger partial charge in [0.05, 0.1) is 0 Å². The molecule has 0 aliphatic rings. The molecule has 164 valence electrons. The van der Waals surface area contributed by atoms with E-state index in [-0.39, 0.29) is 5.91 Å². The van der Waals surface area contributed by atoms with Crippen LogP contribution in [0.25, 0.3) is 6.08 Å². The molecule has 6 nitrogen and oxygen atoms in total. The number of hydrogen-bond acceptors (Lipinski definition) is 4. The van der Waals surface area contributed by atoms with E-state index in [1.54, 1.807) is 36.5 Å². The highest BCUT2D eigenvalue weighted by atomic mass is 16.2. The van der Waals surface area contributed by atoms with Gasteiger partial charge in [0.15, 0.2) is 0 Å². The number of benzene rings is 1. The van der Waals surface area contributed by atoms with Crippen molar-refractivity contribution in [3.8, 4) is 0 Å². The average Bonchev–Trinajstić information content (AvgIpc) is 2.75. The Bertz CT molecular complexity index is 966. The van der Waals surface area contributed by atoms with Gasteiger partial charge in [-0.15, -0.1) is 0 Å². The molecular weight excluding hydrogens is 388 g/mol. The van der Waals surface area contributed by atoms with Crippen LogP contribution in [-0.2, 0) is 29.0 Å². The zero-order chi connectivity index (χ0) is 22.8. The lowest BCUT2D eigenvalue weighted by molar-refractivity contribution is -0.125. The van der Waals surface area contributed by atoms with Crippen LogP contribution in [0.2, 0.25) is 0 Å². The summed E-state index contributed by atoms with van der Waals surface area (Å²) >= 11 is 0. The third kappa shape index (κ3) is 6.54. The summed E-state index contributed by atoms with van der Waals surface area (Å²) < 4.78 is 0. The molecule has 0 spiro atoms. The molecule has 0 aliphatic heterocycles. The van der Waals surface area contributed by atoms with Crippen molar-refractivity contribution >= 4 is 29.9 Å². The smallest absolute Gasteiger partial charge is 0.246 e. The predicted octanol–water partition coefficient (Wildman–Crippen LogP) is 4.70. The van der Waals surface area contributed by atoms with E-state index in [4.69, 9.17) is 0 Å². The maximum Gasteiger partial charge on any atom is 0.246 e. The largest absolute Gasteiger partial charge is 0.362 e. The molecule has 2 amide bonds. The molecule has 1 aromatic heterocycles. The van der Waals surface area contributed by atoms with Crippen molar-refractivity contribution in [1.29, 1.82) is 0 Å². The topological polar surface area (TPSA) is 74.3 Å². The van der Waals surface area contributed by atoms with Crippen molar-refractivity contribution in [2.45, 2.75) is 46.6 Å². The van der Waals surface area contributed by atoms with Gasteiger partial charge < -0.3 is 15.5 Å². The summed E-state index contributed by atoms with van der Waals surface area (Å²) in [5, 5.41) is 5.80. The molecule has 31 heavy (non-hydrogen) atoms. The molecule has 0 aliphatic carbocycles. The van der Waals surface area contributed by atoms with Gasteiger partial charge in [0, 0.05) is 31.6 Å². The Hall–Kier alpha value is -3.41. The second kappa shape index (κ2) is 11.7. The minimum absolute atomic E-state index is 0.0853. The monoisotopic (exact) mass is 420 g/mol. The Kier molecular flexibility index (Phi) is 9.00. The van der Waals surface area contributed by atoms with Gasteiger partial charge in [0.25, 0.3) is 0 Å². The Labute approximate surface area is 185 Å². The van der Waals surface area contributed by atoms with Gasteiger partial charge in [-0.25, -0.2) is 4.98 Å². The standard InChI is InChI=1S/C25H32N4O2/c1-6-9-21-13-19(15-27-25(21)28-17-30)10-11-24(31)29(5)16-22-14-20(7-2)23(26-8-3)12-18(22)4/h8,10-15,17,26H,3,6-7,9,16H2,1-2,4-5H3,(H,27,28,30)/b11-10+. The predicted molar refractivity (Wildman–Crippen MR) is 128 cm³/mol. The minimum atomic E-state index is -0.0853. The van der Waals surface area contributed by atoms with Crippen molar-refractivity contribution in [1.82, 2.24) is 9.88 Å². The van der Waals surface area contributed by atoms with Crippen LogP contribution in [0.15, 0.2) is 43.3 Å². The van der Waals surface area contributed by atoms with E-state index >= 15 is 0 Å². The van der Waals surface area contributed by atoms with Gasteiger partial charge in [-0.2, -0.15) is 0 Å². The maximum atomic E-state index is 12.7. The third-order valence-electron chi connectivity index (χ3n) is 5.11. The van der Waals surface area contributed by atoms with E-state index < -0.39 is 0 Å². The van der Waals surface area contributed by atoms with Crippen molar-refractivity contribution < 1.29 is 9.59 Å². The van der Waals surface area contributed by atoms with Crippen LogP contribution in [0, 0.1) is 6.92 Å². The number of anilines is 2. The van der Waals surface area contributed by atoms with Gasteiger partial charge in [-0.05, 0) is 72.0 Å². The van der Waals surface area contributed by atoms with Crippen LogP contribution in [0.5, 0.6) is 0 Å². The number of rotatable bonds is 11. The number of carbonyl (C=O) groups is 2. The first kappa shape index (κ1) is 23.9. The van der Waals surface area contributed by atoms with E-state index in [9.17, 15) is 9.59 Å². The number of amides is 2. The Morgan fingerprint density at radius 1 is 1.16 bits per heavy atom. The van der Waals surface area contributed by atoms with Crippen molar-refractivity contribution in [3.63, 3.8) is 0 Å².